The highest BCUT2D eigenvalue weighted by molar-refractivity contribution is 6.30. The molecule has 3 nitrogen and oxygen atoms in total. The number of halogens is 1. The van der Waals surface area contributed by atoms with Gasteiger partial charge in [-0.15, -0.1) is 0 Å². The Morgan fingerprint density at radius 2 is 2.19 bits per heavy atom. The highest BCUT2D eigenvalue weighted by atomic mass is 35.5. The van der Waals surface area contributed by atoms with E-state index in [9.17, 15) is 4.79 Å². The molecule has 0 radical (unpaired) electrons. The number of amides is 1. The molecular weight excluding hydrogens is 284 g/mol. The van der Waals surface area contributed by atoms with Gasteiger partial charge in [-0.1, -0.05) is 24.1 Å². The van der Waals surface area contributed by atoms with Crippen LogP contribution in [-0.2, 0) is 0 Å². The molecule has 114 valence electrons. The van der Waals surface area contributed by atoms with Crippen LogP contribution in [0.2, 0.25) is 5.02 Å². The van der Waals surface area contributed by atoms with Crippen molar-refractivity contribution in [3.8, 4) is 0 Å². The Hall–Kier alpha value is -1.06. The van der Waals surface area contributed by atoms with Crippen molar-refractivity contribution in [2.75, 3.05) is 20.1 Å². The summed E-state index contributed by atoms with van der Waals surface area (Å²) in [5.41, 5.74) is 0.664. The average Bonchev–Trinajstić information content (AvgIpc) is 2.47. The zero-order chi connectivity index (χ0) is 14.8. The third kappa shape index (κ3) is 3.41. The van der Waals surface area contributed by atoms with Crippen LogP contribution >= 0.6 is 11.6 Å². The highest BCUT2D eigenvalue weighted by Crippen LogP contribution is 2.36. The fourth-order valence-corrected chi connectivity index (χ4v) is 4.13. The third-order valence-corrected chi connectivity index (χ3v) is 5.24. The van der Waals surface area contributed by atoms with E-state index in [-0.39, 0.29) is 5.91 Å². The van der Waals surface area contributed by atoms with E-state index in [0.29, 0.717) is 22.5 Å². The number of hydrogen-bond donors (Lipinski definition) is 1. The van der Waals surface area contributed by atoms with E-state index < -0.39 is 0 Å². The lowest BCUT2D eigenvalue weighted by Crippen LogP contribution is -2.51. The van der Waals surface area contributed by atoms with Gasteiger partial charge in [-0.2, -0.15) is 0 Å². The van der Waals surface area contributed by atoms with Crippen molar-refractivity contribution in [2.24, 2.45) is 11.8 Å². The van der Waals surface area contributed by atoms with Crippen LogP contribution in [0.5, 0.6) is 0 Å². The molecule has 2 aliphatic rings. The first-order valence-corrected chi connectivity index (χ1v) is 8.26. The van der Waals surface area contributed by atoms with Gasteiger partial charge in [-0.3, -0.25) is 4.79 Å². The molecule has 1 saturated heterocycles. The summed E-state index contributed by atoms with van der Waals surface area (Å²) < 4.78 is 0. The third-order valence-electron chi connectivity index (χ3n) is 5.01. The first-order chi connectivity index (χ1) is 10.1. The molecule has 0 aromatic heterocycles. The van der Waals surface area contributed by atoms with Gasteiger partial charge in [0.15, 0.2) is 0 Å². The number of nitrogens with one attached hydrogen (secondary N) is 1. The van der Waals surface area contributed by atoms with Crippen molar-refractivity contribution in [1.29, 1.82) is 0 Å². The molecule has 1 heterocycles. The predicted molar refractivity (Wildman–Crippen MR) is 85.7 cm³/mol. The number of carbonyl (C=O) groups excluding carboxylic acids is 1. The van der Waals surface area contributed by atoms with Crippen LogP contribution in [0.15, 0.2) is 24.3 Å². The normalized spacial score (nSPS) is 29.7. The molecular formula is C17H23ClN2O. The molecule has 4 heteroatoms. The molecule has 21 heavy (non-hydrogen) atoms. The number of rotatable bonds is 2. The van der Waals surface area contributed by atoms with Crippen molar-refractivity contribution in [3.05, 3.63) is 34.9 Å². The first-order valence-electron chi connectivity index (χ1n) is 7.88. The molecule has 1 saturated carbocycles. The zero-order valence-corrected chi connectivity index (χ0v) is 13.3. The number of nitrogens with zero attached hydrogens (tertiary/aromatic N) is 1. The van der Waals surface area contributed by atoms with Crippen molar-refractivity contribution < 1.29 is 4.79 Å². The van der Waals surface area contributed by atoms with Gasteiger partial charge in [0.25, 0.3) is 5.91 Å². The predicted octanol–water partition coefficient (Wildman–Crippen LogP) is 3.19. The van der Waals surface area contributed by atoms with E-state index in [1.165, 1.54) is 25.8 Å². The van der Waals surface area contributed by atoms with E-state index in [1.807, 2.05) is 12.1 Å². The van der Waals surface area contributed by atoms with Gasteiger partial charge < -0.3 is 10.2 Å². The zero-order valence-electron chi connectivity index (χ0n) is 12.5. The molecule has 1 aliphatic heterocycles. The molecule has 1 N–H and O–H groups in total. The maximum atomic E-state index is 12.4. The number of piperidine rings is 1. The quantitative estimate of drug-likeness (QED) is 0.910. The standard InChI is InChI=1S/C17H23ClN2O/c1-20-9-8-15-13(11-20)5-3-7-16(15)19-17(21)12-4-2-6-14(18)10-12/h2,4,6,10,13,15-16H,3,5,7-9,11H2,1H3,(H,19,21)/t13-,15-,16?/m0/s1. The monoisotopic (exact) mass is 306 g/mol. The lowest BCUT2D eigenvalue weighted by molar-refractivity contribution is 0.0661. The second kappa shape index (κ2) is 6.37. The Morgan fingerprint density at radius 3 is 3.00 bits per heavy atom. The largest absolute Gasteiger partial charge is 0.349 e. The van der Waals surface area contributed by atoms with Crippen LogP contribution < -0.4 is 5.32 Å². The Kier molecular flexibility index (Phi) is 4.51. The van der Waals surface area contributed by atoms with Gasteiger partial charge in [-0.25, -0.2) is 0 Å². The van der Waals surface area contributed by atoms with Gasteiger partial charge >= 0.3 is 0 Å². The summed E-state index contributed by atoms with van der Waals surface area (Å²) in [4.78, 5) is 14.8. The van der Waals surface area contributed by atoms with Crippen LogP contribution in [0.4, 0.5) is 0 Å². The molecule has 1 unspecified atom stereocenters. The molecule has 3 atom stereocenters. The first kappa shape index (κ1) is 14.9. The van der Waals surface area contributed by atoms with Gasteiger partial charge in [0.05, 0.1) is 0 Å². The Balaban J connectivity index is 1.67. The maximum Gasteiger partial charge on any atom is 0.251 e. The van der Waals surface area contributed by atoms with E-state index >= 15 is 0 Å². The number of likely N-dealkylation sites (tertiary alicyclic amines) is 1. The minimum Gasteiger partial charge on any atom is -0.349 e. The molecule has 1 aromatic rings. The molecule has 0 spiro atoms. The Bertz CT molecular complexity index is 519. The minimum atomic E-state index is 0.0158. The summed E-state index contributed by atoms with van der Waals surface area (Å²) in [7, 11) is 2.20. The van der Waals surface area contributed by atoms with E-state index in [0.717, 1.165) is 18.9 Å². The minimum absolute atomic E-state index is 0.0158. The molecule has 1 amide bonds. The lowest BCUT2D eigenvalue weighted by atomic mass is 9.72. The average molecular weight is 307 g/mol. The molecule has 3 rings (SSSR count). The van der Waals surface area contributed by atoms with Crippen molar-refractivity contribution >= 4 is 17.5 Å². The fraction of sp³-hybridized carbons (Fsp3) is 0.588. The summed E-state index contributed by atoms with van der Waals surface area (Å²) in [6.07, 6.45) is 4.83. The van der Waals surface area contributed by atoms with E-state index in [4.69, 9.17) is 11.6 Å². The second-order valence-corrected chi connectivity index (χ2v) is 6.93. The fourth-order valence-electron chi connectivity index (χ4n) is 3.94. The number of fused-ring (bicyclic) bond motifs is 1. The number of hydrogen-bond acceptors (Lipinski definition) is 2. The maximum absolute atomic E-state index is 12.4. The summed E-state index contributed by atoms with van der Waals surface area (Å²) in [6, 6.07) is 7.52. The van der Waals surface area contributed by atoms with Gasteiger partial charge in [0.2, 0.25) is 0 Å². The van der Waals surface area contributed by atoms with Crippen LogP contribution in [0.25, 0.3) is 0 Å². The number of carbonyl (C=O) groups is 1. The molecule has 2 fully saturated rings. The van der Waals surface area contributed by atoms with Crippen LogP contribution in [0.3, 0.4) is 0 Å². The molecule has 1 aliphatic carbocycles. The summed E-state index contributed by atoms with van der Waals surface area (Å²) in [5, 5.41) is 3.87. The van der Waals surface area contributed by atoms with Gasteiger partial charge in [-0.05, 0) is 62.9 Å². The van der Waals surface area contributed by atoms with Crippen LogP contribution in [0.1, 0.15) is 36.0 Å². The molecule has 1 aromatic carbocycles. The number of benzene rings is 1. The van der Waals surface area contributed by atoms with Crippen molar-refractivity contribution in [3.63, 3.8) is 0 Å². The second-order valence-electron chi connectivity index (χ2n) is 6.50. The summed E-state index contributed by atoms with van der Waals surface area (Å²) in [6.45, 7) is 2.32. The van der Waals surface area contributed by atoms with E-state index in [1.54, 1.807) is 12.1 Å². The highest BCUT2D eigenvalue weighted by Gasteiger charge is 2.37. The van der Waals surface area contributed by atoms with Gasteiger partial charge in [0, 0.05) is 23.2 Å². The summed E-state index contributed by atoms with van der Waals surface area (Å²) in [5.74, 6) is 1.39. The molecule has 0 bridgehead atoms. The summed E-state index contributed by atoms with van der Waals surface area (Å²) >= 11 is 5.97. The van der Waals surface area contributed by atoms with Gasteiger partial charge in [0.1, 0.15) is 0 Å². The Labute approximate surface area is 131 Å². The topological polar surface area (TPSA) is 32.3 Å². The van der Waals surface area contributed by atoms with E-state index in [2.05, 4.69) is 17.3 Å². The Morgan fingerprint density at radius 1 is 1.33 bits per heavy atom. The lowest BCUT2D eigenvalue weighted by Gasteiger charge is -2.44. The SMILES string of the molecule is CN1CC[C@@H]2C(NC(=O)c3cccc(Cl)c3)CCC[C@H]2C1. The van der Waals surface area contributed by atoms with Crippen molar-refractivity contribution in [2.45, 2.75) is 31.7 Å². The van der Waals surface area contributed by atoms with Crippen LogP contribution in [-0.4, -0.2) is 37.0 Å². The smallest absolute Gasteiger partial charge is 0.251 e. The van der Waals surface area contributed by atoms with Crippen LogP contribution in [0, 0.1) is 11.8 Å². The van der Waals surface area contributed by atoms with Crippen molar-refractivity contribution in [1.82, 2.24) is 10.2 Å².